The molecule has 254 valence electrons. The van der Waals surface area contributed by atoms with Crippen LogP contribution in [0.4, 0.5) is 0 Å². The second kappa shape index (κ2) is 14.7. The Morgan fingerprint density at radius 2 is 0.815 bits per heavy atom. The van der Waals surface area contributed by atoms with Gasteiger partial charge in [-0.15, -0.1) is 0 Å². The highest BCUT2D eigenvalue weighted by Crippen LogP contribution is 2.36. The Kier molecular flexibility index (Phi) is 8.86. The Hall–Kier alpha value is -7.37. The molecule has 0 spiro atoms. The predicted octanol–water partition coefficient (Wildman–Crippen LogP) is 12.0. The minimum absolute atomic E-state index is 0.678. The van der Waals surface area contributed by atoms with Gasteiger partial charge in [0, 0.05) is 34.6 Å². The first-order valence-electron chi connectivity index (χ1n) is 17.9. The lowest BCUT2D eigenvalue weighted by Crippen LogP contribution is -1.97. The van der Waals surface area contributed by atoms with Crippen molar-refractivity contribution in [3.05, 3.63) is 200 Å². The Bertz CT molecular complexity index is 2560. The van der Waals surface area contributed by atoms with E-state index in [1.54, 1.807) is 6.20 Å². The zero-order valence-electron chi connectivity index (χ0n) is 29.3. The summed E-state index contributed by atoms with van der Waals surface area (Å²) >= 11 is 0. The smallest absolute Gasteiger partial charge is 0.161 e. The van der Waals surface area contributed by atoms with E-state index in [4.69, 9.17) is 19.9 Å². The van der Waals surface area contributed by atoms with Gasteiger partial charge in [-0.05, 0) is 70.3 Å². The Balaban J connectivity index is 1.08. The molecule has 0 amide bonds. The highest BCUT2D eigenvalue weighted by atomic mass is 14.9. The zero-order valence-corrected chi connectivity index (χ0v) is 29.3. The Morgan fingerprint density at radius 1 is 0.259 bits per heavy atom. The summed E-state index contributed by atoms with van der Waals surface area (Å²) in [5, 5.41) is 0. The fraction of sp³-hybridized carbons (Fsp3) is 0. The first-order valence-corrected chi connectivity index (χ1v) is 17.9. The molecule has 0 unspecified atom stereocenters. The molecule has 0 aliphatic rings. The summed E-state index contributed by atoms with van der Waals surface area (Å²) in [7, 11) is 0. The van der Waals surface area contributed by atoms with Gasteiger partial charge in [0.05, 0.1) is 34.2 Å². The van der Waals surface area contributed by atoms with Gasteiger partial charge in [-0.3, -0.25) is 9.97 Å². The van der Waals surface area contributed by atoms with E-state index < -0.39 is 0 Å². The number of aromatic nitrogens is 5. The molecule has 4 aromatic heterocycles. The summed E-state index contributed by atoms with van der Waals surface area (Å²) in [6.07, 6.45) is 3.72. The largest absolute Gasteiger partial charge is 0.255 e. The van der Waals surface area contributed by atoms with E-state index in [2.05, 4.69) is 108 Å². The third-order valence-electron chi connectivity index (χ3n) is 9.43. The third kappa shape index (κ3) is 6.82. The summed E-state index contributed by atoms with van der Waals surface area (Å²) < 4.78 is 0. The maximum absolute atomic E-state index is 5.12. The fourth-order valence-electron chi connectivity index (χ4n) is 6.70. The van der Waals surface area contributed by atoms with Crippen LogP contribution in [-0.2, 0) is 0 Å². The second-order valence-corrected chi connectivity index (χ2v) is 13.0. The zero-order chi connectivity index (χ0) is 36.1. The first kappa shape index (κ1) is 32.5. The summed E-state index contributed by atoms with van der Waals surface area (Å²) in [4.78, 5) is 24.8. The molecule has 9 aromatic rings. The molecule has 0 bridgehead atoms. The molecule has 0 saturated heterocycles. The fourth-order valence-corrected chi connectivity index (χ4v) is 6.70. The van der Waals surface area contributed by atoms with E-state index in [9.17, 15) is 0 Å². The van der Waals surface area contributed by atoms with Crippen LogP contribution in [0.3, 0.4) is 0 Å². The van der Waals surface area contributed by atoms with Gasteiger partial charge in [-0.25, -0.2) is 15.0 Å². The average molecular weight is 692 g/mol. The van der Waals surface area contributed by atoms with Crippen molar-refractivity contribution in [1.82, 2.24) is 24.9 Å². The van der Waals surface area contributed by atoms with Crippen LogP contribution < -0.4 is 0 Å². The van der Waals surface area contributed by atoms with Crippen LogP contribution in [-0.4, -0.2) is 24.9 Å². The number of hydrogen-bond acceptors (Lipinski definition) is 5. The van der Waals surface area contributed by atoms with Crippen LogP contribution in [0.25, 0.3) is 90.1 Å². The van der Waals surface area contributed by atoms with Crippen molar-refractivity contribution in [3.8, 4) is 90.1 Å². The van der Waals surface area contributed by atoms with Gasteiger partial charge in [-0.1, -0.05) is 146 Å². The molecule has 54 heavy (non-hydrogen) atoms. The van der Waals surface area contributed by atoms with Gasteiger partial charge in [0.15, 0.2) is 5.82 Å². The molecule has 0 radical (unpaired) electrons. The minimum Gasteiger partial charge on any atom is -0.255 e. The van der Waals surface area contributed by atoms with E-state index in [-0.39, 0.29) is 0 Å². The topological polar surface area (TPSA) is 64.5 Å². The number of pyridine rings is 3. The van der Waals surface area contributed by atoms with Crippen LogP contribution >= 0.6 is 0 Å². The van der Waals surface area contributed by atoms with Crippen molar-refractivity contribution in [2.45, 2.75) is 0 Å². The molecular weight excluding hydrogens is 659 g/mol. The average Bonchev–Trinajstić information content (AvgIpc) is 3.27. The molecule has 0 aliphatic carbocycles. The highest BCUT2D eigenvalue weighted by Gasteiger charge is 2.16. The van der Waals surface area contributed by atoms with Crippen LogP contribution in [0.2, 0.25) is 0 Å². The second-order valence-electron chi connectivity index (χ2n) is 13.0. The van der Waals surface area contributed by atoms with Gasteiger partial charge in [0.1, 0.15) is 0 Å². The molecule has 9 rings (SSSR count). The number of benzene rings is 5. The van der Waals surface area contributed by atoms with Crippen molar-refractivity contribution >= 4 is 0 Å². The van der Waals surface area contributed by atoms with Gasteiger partial charge in [0.2, 0.25) is 0 Å². The summed E-state index contributed by atoms with van der Waals surface area (Å²) in [5.41, 5.74) is 14.4. The van der Waals surface area contributed by atoms with E-state index in [0.29, 0.717) is 5.82 Å². The molecule has 0 atom stereocenters. The molecule has 5 aromatic carbocycles. The standard InChI is InChI=1S/C49H33N5/c1-4-15-34(16-5-1)40-30-47(43-25-12-13-28-50-43)52-48(31-40)44-27-26-39(33-51-44)37-21-14-22-38(29-37)41-23-10-11-24-42(41)49-53-45(35-17-6-2-7-18-35)32-46(54-49)36-19-8-3-9-20-36/h1-33H. The number of rotatable bonds is 8. The maximum atomic E-state index is 5.12. The Morgan fingerprint density at radius 3 is 1.43 bits per heavy atom. The van der Waals surface area contributed by atoms with Gasteiger partial charge in [-0.2, -0.15) is 0 Å². The van der Waals surface area contributed by atoms with Crippen LogP contribution in [0.5, 0.6) is 0 Å². The van der Waals surface area contributed by atoms with Crippen LogP contribution in [0.1, 0.15) is 0 Å². The number of nitrogens with zero attached hydrogens (tertiary/aromatic N) is 5. The number of hydrogen-bond donors (Lipinski definition) is 0. The van der Waals surface area contributed by atoms with E-state index in [1.165, 1.54) is 0 Å². The van der Waals surface area contributed by atoms with E-state index >= 15 is 0 Å². The lowest BCUT2D eigenvalue weighted by atomic mass is 9.95. The van der Waals surface area contributed by atoms with Gasteiger partial charge >= 0.3 is 0 Å². The van der Waals surface area contributed by atoms with E-state index in [0.717, 1.165) is 84.2 Å². The maximum Gasteiger partial charge on any atom is 0.161 e. The van der Waals surface area contributed by atoms with Gasteiger partial charge in [0.25, 0.3) is 0 Å². The Labute approximate surface area is 314 Å². The van der Waals surface area contributed by atoms with Crippen molar-refractivity contribution in [3.63, 3.8) is 0 Å². The molecule has 0 saturated carbocycles. The third-order valence-corrected chi connectivity index (χ3v) is 9.43. The lowest BCUT2D eigenvalue weighted by Gasteiger charge is -2.13. The summed E-state index contributed by atoms with van der Waals surface area (Å²) in [6, 6.07) is 64.1. The molecule has 5 nitrogen and oxygen atoms in total. The van der Waals surface area contributed by atoms with Crippen LogP contribution in [0.15, 0.2) is 200 Å². The minimum atomic E-state index is 0.678. The molecule has 5 heteroatoms. The van der Waals surface area contributed by atoms with Crippen molar-refractivity contribution in [2.75, 3.05) is 0 Å². The predicted molar refractivity (Wildman–Crippen MR) is 219 cm³/mol. The molecule has 0 aliphatic heterocycles. The monoisotopic (exact) mass is 691 g/mol. The summed E-state index contributed by atoms with van der Waals surface area (Å²) in [5.74, 6) is 0.678. The SMILES string of the molecule is c1ccc(-c2cc(-c3ccccn3)nc(-c3ccc(-c4cccc(-c5ccccc5-c5nc(-c6ccccc6)cc(-c6ccccc6)n5)c4)cn3)c2)cc1. The highest BCUT2D eigenvalue weighted by molar-refractivity contribution is 5.85. The quantitative estimate of drug-likeness (QED) is 0.159. The van der Waals surface area contributed by atoms with Crippen molar-refractivity contribution in [1.29, 1.82) is 0 Å². The first-order chi connectivity index (χ1) is 26.7. The normalized spacial score (nSPS) is 11.0. The van der Waals surface area contributed by atoms with Crippen molar-refractivity contribution < 1.29 is 0 Å². The molecular formula is C49H33N5. The van der Waals surface area contributed by atoms with E-state index in [1.807, 2.05) is 91.1 Å². The summed E-state index contributed by atoms with van der Waals surface area (Å²) in [6.45, 7) is 0. The van der Waals surface area contributed by atoms with Crippen LogP contribution in [0, 0.1) is 0 Å². The molecule has 0 fully saturated rings. The lowest BCUT2D eigenvalue weighted by molar-refractivity contribution is 1.18. The molecule has 4 heterocycles. The molecule has 0 N–H and O–H groups in total. The van der Waals surface area contributed by atoms with Gasteiger partial charge < -0.3 is 0 Å². The van der Waals surface area contributed by atoms with Crippen molar-refractivity contribution in [2.24, 2.45) is 0 Å².